The Kier molecular flexibility index (Phi) is 5.61. The Balaban J connectivity index is 1.54. The number of piperidine rings is 2. The number of halogens is 3. The van der Waals surface area contributed by atoms with Crippen molar-refractivity contribution in [1.82, 2.24) is 10.2 Å². The highest BCUT2D eigenvalue weighted by Gasteiger charge is 2.51. The van der Waals surface area contributed by atoms with Gasteiger partial charge in [0.05, 0.1) is 0 Å². The number of amides is 2. The van der Waals surface area contributed by atoms with E-state index in [0.717, 1.165) is 0 Å². The lowest BCUT2D eigenvalue weighted by atomic mass is 9.64. The molecule has 2 aliphatic rings. The Morgan fingerprint density at radius 3 is 2.43 bits per heavy atom. The first kappa shape index (κ1) is 20.9. The van der Waals surface area contributed by atoms with Crippen LogP contribution < -0.4 is 5.32 Å². The van der Waals surface area contributed by atoms with Crippen molar-refractivity contribution in [2.75, 3.05) is 19.6 Å². The maximum atomic E-state index is 13.8. The average Bonchev–Trinajstić information content (AvgIpc) is 3.23. The topological polar surface area (TPSA) is 49.4 Å². The minimum Gasteiger partial charge on any atom is -0.355 e. The predicted octanol–water partition coefficient (Wildman–Crippen LogP) is 4.31. The molecule has 3 heterocycles. The van der Waals surface area contributed by atoms with Gasteiger partial charge in [0.1, 0.15) is 0 Å². The van der Waals surface area contributed by atoms with Crippen molar-refractivity contribution in [2.24, 2.45) is 5.41 Å². The summed E-state index contributed by atoms with van der Waals surface area (Å²) < 4.78 is 41.3. The molecule has 1 N–H and O–H groups in total. The summed E-state index contributed by atoms with van der Waals surface area (Å²) in [5.41, 5.74) is -0.353. The summed E-state index contributed by atoms with van der Waals surface area (Å²) in [7, 11) is 0. The van der Waals surface area contributed by atoms with E-state index in [2.05, 4.69) is 5.32 Å². The molecule has 4 rings (SSSR count). The van der Waals surface area contributed by atoms with Crippen LogP contribution in [0.1, 0.15) is 41.5 Å². The second kappa shape index (κ2) is 8.06. The van der Waals surface area contributed by atoms with Gasteiger partial charge in [-0.3, -0.25) is 9.59 Å². The molecule has 0 aliphatic carbocycles. The van der Waals surface area contributed by atoms with Gasteiger partial charge in [-0.1, -0.05) is 36.4 Å². The van der Waals surface area contributed by atoms with Crippen LogP contribution in [0.4, 0.5) is 13.2 Å². The molecule has 2 amide bonds. The first-order valence-electron chi connectivity index (χ1n) is 10.0. The maximum absolute atomic E-state index is 13.8. The van der Waals surface area contributed by atoms with Crippen LogP contribution in [0, 0.1) is 5.41 Å². The fourth-order valence-electron chi connectivity index (χ4n) is 4.83. The van der Waals surface area contributed by atoms with Gasteiger partial charge >= 0.3 is 6.18 Å². The number of likely N-dealkylation sites (tertiary alicyclic amines) is 1. The zero-order valence-corrected chi connectivity index (χ0v) is 17.1. The monoisotopic (exact) mass is 436 g/mol. The number of thiophene rings is 1. The van der Waals surface area contributed by atoms with Crippen molar-refractivity contribution in [2.45, 2.75) is 37.3 Å². The van der Waals surface area contributed by atoms with Crippen molar-refractivity contribution >= 4 is 23.2 Å². The highest BCUT2D eigenvalue weighted by atomic mass is 32.1. The van der Waals surface area contributed by atoms with Crippen LogP contribution >= 0.6 is 11.3 Å². The van der Waals surface area contributed by atoms with Crippen LogP contribution in [-0.4, -0.2) is 42.5 Å². The van der Waals surface area contributed by atoms with Gasteiger partial charge in [0, 0.05) is 36.9 Å². The number of nitrogens with zero attached hydrogens (tertiary/aromatic N) is 1. The van der Waals surface area contributed by atoms with Crippen molar-refractivity contribution < 1.29 is 22.8 Å². The molecule has 4 nitrogen and oxygen atoms in total. The minimum atomic E-state index is -4.65. The summed E-state index contributed by atoms with van der Waals surface area (Å²) in [4.78, 5) is 27.6. The second-order valence-corrected chi connectivity index (χ2v) is 9.10. The van der Waals surface area contributed by atoms with Crippen LogP contribution in [0.2, 0.25) is 0 Å². The number of carbonyl (C=O) groups is 2. The molecule has 1 aromatic heterocycles. The van der Waals surface area contributed by atoms with E-state index in [0.29, 0.717) is 25.8 Å². The van der Waals surface area contributed by atoms with E-state index in [4.69, 9.17) is 0 Å². The van der Waals surface area contributed by atoms with Crippen molar-refractivity contribution in [1.29, 1.82) is 0 Å². The summed E-state index contributed by atoms with van der Waals surface area (Å²) in [6.45, 7) is 0.989. The number of hydrogen-bond acceptors (Lipinski definition) is 3. The first-order valence-corrected chi connectivity index (χ1v) is 10.9. The zero-order valence-electron chi connectivity index (χ0n) is 16.3. The summed E-state index contributed by atoms with van der Waals surface area (Å²) in [5.74, 6) is -2.97. The zero-order chi connectivity index (χ0) is 21.4. The second-order valence-electron chi connectivity index (χ2n) is 8.12. The molecule has 2 aromatic rings. The van der Waals surface area contributed by atoms with E-state index in [1.54, 1.807) is 17.4 Å². The van der Waals surface area contributed by atoms with Gasteiger partial charge in [0.25, 0.3) is 0 Å². The van der Waals surface area contributed by atoms with E-state index < -0.39 is 18.0 Å². The fraction of sp³-hybridized carbons (Fsp3) is 0.455. The molecule has 0 radical (unpaired) electrons. The third kappa shape index (κ3) is 3.97. The molecule has 2 atom stereocenters. The molecule has 1 spiro atoms. The van der Waals surface area contributed by atoms with Crippen LogP contribution in [0.15, 0.2) is 47.8 Å². The first-order chi connectivity index (χ1) is 14.3. The lowest BCUT2D eigenvalue weighted by Gasteiger charge is -2.49. The third-order valence-corrected chi connectivity index (χ3v) is 7.41. The van der Waals surface area contributed by atoms with Gasteiger partial charge in [-0.05, 0) is 35.3 Å². The van der Waals surface area contributed by atoms with Crippen LogP contribution in [0.5, 0.6) is 0 Å². The normalized spacial score (nSPS) is 22.6. The summed E-state index contributed by atoms with van der Waals surface area (Å²) >= 11 is 1.63. The standard InChI is InChI=1S/C22H23F3N2O2S/c23-22(24,25)19(15-5-2-1-3-6-15)20(29)27-10-8-21(9-11-27)13-18(28)26-14-16(21)17-7-4-12-30-17/h1-7,12,16,19H,8-11,13-14H2,(H,26,28)/t16?,19-/m0/s1. The van der Waals surface area contributed by atoms with Gasteiger partial charge in [0.2, 0.25) is 11.8 Å². The number of rotatable bonds is 3. The van der Waals surface area contributed by atoms with Gasteiger partial charge in [0.15, 0.2) is 5.92 Å². The average molecular weight is 436 g/mol. The number of nitrogens with one attached hydrogen (secondary N) is 1. The molecule has 160 valence electrons. The predicted molar refractivity (Wildman–Crippen MR) is 108 cm³/mol. The largest absolute Gasteiger partial charge is 0.404 e. The number of alkyl halides is 3. The molecule has 2 fully saturated rings. The van der Waals surface area contributed by atoms with Crippen molar-refractivity contribution in [3.63, 3.8) is 0 Å². The Morgan fingerprint density at radius 2 is 1.83 bits per heavy atom. The molecule has 2 aliphatic heterocycles. The molecule has 0 bridgehead atoms. The van der Waals surface area contributed by atoms with E-state index in [1.807, 2.05) is 17.5 Å². The van der Waals surface area contributed by atoms with Gasteiger partial charge < -0.3 is 10.2 Å². The van der Waals surface area contributed by atoms with Crippen LogP contribution in [0.25, 0.3) is 0 Å². The fourth-order valence-corrected chi connectivity index (χ4v) is 5.80. The molecule has 0 saturated carbocycles. The third-order valence-electron chi connectivity index (χ3n) is 6.42. The van der Waals surface area contributed by atoms with Crippen LogP contribution in [-0.2, 0) is 9.59 Å². The summed E-state index contributed by atoms with van der Waals surface area (Å²) in [5, 5.41) is 4.92. The number of hydrogen-bond donors (Lipinski definition) is 1. The lowest BCUT2D eigenvalue weighted by molar-refractivity contribution is -0.173. The van der Waals surface area contributed by atoms with Gasteiger partial charge in [-0.25, -0.2) is 0 Å². The van der Waals surface area contributed by atoms with Gasteiger partial charge in [-0.15, -0.1) is 11.3 Å². The molecular weight excluding hydrogens is 413 g/mol. The van der Waals surface area contributed by atoms with Crippen molar-refractivity contribution in [3.05, 3.63) is 58.3 Å². The van der Waals surface area contributed by atoms with Crippen LogP contribution in [0.3, 0.4) is 0 Å². The summed E-state index contributed by atoms with van der Waals surface area (Å²) in [6, 6.07) is 11.4. The van der Waals surface area contributed by atoms with Gasteiger partial charge in [-0.2, -0.15) is 13.2 Å². The Hall–Kier alpha value is -2.35. The quantitative estimate of drug-likeness (QED) is 0.780. The van der Waals surface area contributed by atoms with E-state index in [-0.39, 0.29) is 35.9 Å². The molecule has 30 heavy (non-hydrogen) atoms. The molecule has 1 unspecified atom stereocenters. The molecular formula is C22H23F3N2O2S. The number of carbonyl (C=O) groups excluding carboxylic acids is 2. The molecule has 1 aromatic carbocycles. The Bertz CT molecular complexity index is 891. The smallest absolute Gasteiger partial charge is 0.355 e. The highest BCUT2D eigenvalue weighted by molar-refractivity contribution is 7.10. The van der Waals surface area contributed by atoms with E-state index in [1.165, 1.54) is 34.0 Å². The minimum absolute atomic E-state index is 0.0277. The number of benzene rings is 1. The highest BCUT2D eigenvalue weighted by Crippen LogP contribution is 2.50. The lowest BCUT2D eigenvalue weighted by Crippen LogP contribution is -2.54. The Morgan fingerprint density at radius 1 is 1.13 bits per heavy atom. The molecule has 8 heteroatoms. The maximum Gasteiger partial charge on any atom is 0.404 e. The molecule has 2 saturated heterocycles. The SMILES string of the molecule is O=C1CC2(CCN(C(=O)[C@H](c3ccccc3)C(F)(F)F)CC2)C(c2cccs2)CN1. The summed E-state index contributed by atoms with van der Waals surface area (Å²) in [6.07, 6.45) is -3.26. The van der Waals surface area contributed by atoms with E-state index in [9.17, 15) is 22.8 Å². The Labute approximate surface area is 177 Å². The van der Waals surface area contributed by atoms with Crippen molar-refractivity contribution in [3.8, 4) is 0 Å². The van der Waals surface area contributed by atoms with E-state index >= 15 is 0 Å².